The highest BCUT2D eigenvalue weighted by atomic mass is 16.3. The van der Waals surface area contributed by atoms with Crippen molar-refractivity contribution >= 4 is 45.4 Å². The SMILES string of the molecule is C=C(CC(=O)C(C(=O)CC(=C)c1cc(C(C)(C)C)c(O)c(C(C)(C)C)c1)(C(=O)CC(=C)c1cc(C(C)(C)C)c(O)c(C(C)(C)C)c1)C(=O)CC(=C)c1cc(C(C)(C)C)c(O)c(C(C)(C)C)c1)c1cc(C(C)(C)C)c(O)c(C(C)(C)C)c1. The van der Waals surface area contributed by atoms with E-state index in [1.807, 2.05) is 166 Å². The third kappa shape index (κ3) is 14.5. The third-order valence-corrected chi connectivity index (χ3v) is 15.7. The molecule has 0 radical (unpaired) electrons. The average Bonchev–Trinajstić information content (AvgIpc) is 3.26. The molecule has 440 valence electrons. The molecule has 0 unspecified atom stereocenters. The first kappa shape index (κ1) is 67.2. The number of phenolic OH excluding ortho intramolecular Hbond substituents is 4. The maximum atomic E-state index is 16.2. The summed E-state index contributed by atoms with van der Waals surface area (Å²) in [6, 6.07) is 14.2. The van der Waals surface area contributed by atoms with Crippen LogP contribution in [0, 0.1) is 5.41 Å². The van der Waals surface area contributed by atoms with Gasteiger partial charge in [0.1, 0.15) is 23.0 Å². The average molecular weight is 1110 g/mol. The summed E-state index contributed by atoms with van der Waals surface area (Å²) in [6.45, 7) is 64.9. The summed E-state index contributed by atoms with van der Waals surface area (Å²) in [5.74, 6) is -3.53. The van der Waals surface area contributed by atoms with Crippen LogP contribution in [0.15, 0.2) is 74.8 Å². The van der Waals surface area contributed by atoms with Crippen molar-refractivity contribution < 1.29 is 39.6 Å². The van der Waals surface area contributed by atoms with E-state index >= 15 is 19.2 Å². The molecule has 8 nitrogen and oxygen atoms in total. The molecule has 0 aliphatic heterocycles. The molecule has 0 atom stereocenters. The number of Topliss-reactive ketones (excluding diaryl/α,β-unsaturated/α-hetero) is 4. The highest BCUT2D eigenvalue weighted by Crippen LogP contribution is 2.48. The van der Waals surface area contributed by atoms with Crippen LogP contribution in [0.25, 0.3) is 22.3 Å². The smallest absolute Gasteiger partial charge is 0.204 e. The molecule has 0 aliphatic carbocycles. The first-order valence-electron chi connectivity index (χ1n) is 28.6. The minimum absolute atomic E-state index is 0.110. The maximum Gasteiger partial charge on any atom is 0.204 e. The number of ketones is 4. The summed E-state index contributed by atoms with van der Waals surface area (Å²) < 4.78 is 0. The van der Waals surface area contributed by atoms with Crippen LogP contribution in [0.3, 0.4) is 0 Å². The molecule has 8 heteroatoms. The largest absolute Gasteiger partial charge is 0.507 e. The minimum Gasteiger partial charge on any atom is -0.507 e. The lowest BCUT2D eigenvalue weighted by atomic mass is 9.65. The second kappa shape index (κ2) is 22.5. The number of allylic oxidation sites excluding steroid dienone is 4. The molecule has 0 aliphatic rings. The lowest BCUT2D eigenvalue weighted by Crippen LogP contribution is -2.53. The van der Waals surface area contributed by atoms with Gasteiger partial charge in [-0.1, -0.05) is 192 Å². The van der Waals surface area contributed by atoms with Crippen LogP contribution in [0.4, 0.5) is 0 Å². The van der Waals surface area contributed by atoms with Crippen LogP contribution in [0.1, 0.15) is 259 Å². The Morgan fingerprint density at radius 3 is 0.481 bits per heavy atom. The quantitative estimate of drug-likeness (QED) is 0.0811. The van der Waals surface area contributed by atoms with Gasteiger partial charge >= 0.3 is 0 Å². The van der Waals surface area contributed by atoms with Gasteiger partial charge in [0, 0.05) is 70.2 Å². The molecule has 4 aromatic carbocycles. The Bertz CT molecular complexity index is 2640. The number of hydrogen-bond donors (Lipinski definition) is 4. The van der Waals surface area contributed by atoms with Gasteiger partial charge in [-0.25, -0.2) is 0 Å². The Morgan fingerprint density at radius 2 is 0.383 bits per heavy atom. The third-order valence-electron chi connectivity index (χ3n) is 15.7. The minimum atomic E-state index is -3.00. The van der Waals surface area contributed by atoms with Crippen molar-refractivity contribution in [3.05, 3.63) is 142 Å². The first-order chi connectivity index (χ1) is 36.2. The Balaban J connectivity index is 2.18. The van der Waals surface area contributed by atoms with Crippen molar-refractivity contribution in [3.63, 3.8) is 0 Å². The molecule has 4 rings (SSSR count). The van der Waals surface area contributed by atoms with Gasteiger partial charge in [0.15, 0.2) is 23.1 Å². The lowest BCUT2D eigenvalue weighted by molar-refractivity contribution is -0.153. The van der Waals surface area contributed by atoms with Crippen molar-refractivity contribution in [2.24, 2.45) is 5.41 Å². The summed E-state index contributed by atoms with van der Waals surface area (Å²) in [4.78, 5) is 65.0. The Labute approximate surface area is 488 Å². The van der Waals surface area contributed by atoms with E-state index in [-0.39, 0.29) is 45.3 Å². The van der Waals surface area contributed by atoms with E-state index in [1.54, 1.807) is 48.5 Å². The second-order valence-electron chi connectivity index (χ2n) is 31.2. The summed E-state index contributed by atoms with van der Waals surface area (Å²) in [5, 5.41) is 47.0. The van der Waals surface area contributed by atoms with Gasteiger partial charge in [0.25, 0.3) is 0 Å². The molecule has 4 aromatic rings. The van der Waals surface area contributed by atoms with Gasteiger partial charge < -0.3 is 20.4 Å². The molecule has 0 heterocycles. The summed E-state index contributed by atoms with van der Waals surface area (Å²) in [5.41, 5.74) is 0.177. The van der Waals surface area contributed by atoms with Crippen LogP contribution in [0.2, 0.25) is 0 Å². The van der Waals surface area contributed by atoms with E-state index in [2.05, 4.69) is 26.3 Å². The maximum absolute atomic E-state index is 16.2. The van der Waals surface area contributed by atoms with E-state index in [4.69, 9.17) is 0 Å². The van der Waals surface area contributed by atoms with E-state index in [0.29, 0.717) is 66.8 Å². The number of phenols is 4. The zero-order chi connectivity index (χ0) is 62.8. The number of benzene rings is 4. The monoisotopic (exact) mass is 1100 g/mol. The second-order valence-corrected chi connectivity index (χ2v) is 31.2. The molecule has 0 fully saturated rings. The molecule has 0 bridgehead atoms. The van der Waals surface area contributed by atoms with Crippen LogP contribution in [-0.4, -0.2) is 43.6 Å². The molecular formula is C73H100O8. The Morgan fingerprint density at radius 1 is 0.272 bits per heavy atom. The highest BCUT2D eigenvalue weighted by Gasteiger charge is 2.57. The fourth-order valence-electron chi connectivity index (χ4n) is 10.6. The molecule has 0 saturated heterocycles. The molecule has 0 saturated carbocycles. The van der Waals surface area contributed by atoms with Crippen molar-refractivity contribution in [3.8, 4) is 23.0 Å². The fraction of sp³-hybridized carbons (Fsp3) is 0.507. The Kier molecular flexibility index (Phi) is 18.6. The van der Waals surface area contributed by atoms with Crippen LogP contribution >= 0.6 is 0 Å². The molecule has 0 amide bonds. The molecule has 81 heavy (non-hydrogen) atoms. The zero-order valence-corrected chi connectivity index (χ0v) is 54.2. The topological polar surface area (TPSA) is 149 Å². The predicted molar refractivity (Wildman–Crippen MR) is 339 cm³/mol. The van der Waals surface area contributed by atoms with E-state index in [9.17, 15) is 20.4 Å². The standard InChI is InChI=1S/C73H100O8/c1-41(45-33-49(65(5,6)7)61(78)50(34-45)66(8,9)10)29-57(74)73(58(75)30-42(2)46-35-51(67(11,12)13)62(79)52(36-46)68(14,15)16,59(76)31-43(3)47-37-53(69(17,18)19)63(80)54(38-47)70(20,21)22)60(77)32-44(4)48-39-55(71(23,24)25)64(81)56(40-48)72(26,27)28/h33-40,78-81H,1-4,29-32H2,5-28H3. The van der Waals surface area contributed by atoms with E-state index in [1.165, 1.54) is 0 Å². The predicted octanol–water partition coefficient (Wildman–Crippen LogP) is 17.9. The Hall–Kier alpha value is -6.28. The van der Waals surface area contributed by atoms with Gasteiger partial charge in [-0.15, -0.1) is 0 Å². The van der Waals surface area contributed by atoms with Gasteiger partial charge in [-0.3, -0.25) is 19.2 Å². The van der Waals surface area contributed by atoms with Crippen molar-refractivity contribution in [1.82, 2.24) is 0 Å². The van der Waals surface area contributed by atoms with Crippen LogP contribution in [0.5, 0.6) is 23.0 Å². The number of aromatic hydroxyl groups is 4. The summed E-state index contributed by atoms with van der Waals surface area (Å²) >= 11 is 0. The van der Waals surface area contributed by atoms with Crippen LogP contribution < -0.4 is 0 Å². The first-order valence-corrected chi connectivity index (χ1v) is 28.6. The van der Waals surface area contributed by atoms with Gasteiger partial charge in [-0.05, 0) is 136 Å². The summed E-state index contributed by atoms with van der Waals surface area (Å²) in [6.07, 6.45) is -2.46. The summed E-state index contributed by atoms with van der Waals surface area (Å²) in [7, 11) is 0. The van der Waals surface area contributed by atoms with Crippen LogP contribution in [-0.2, 0) is 62.5 Å². The van der Waals surface area contributed by atoms with E-state index in [0.717, 1.165) is 0 Å². The normalized spacial score (nSPS) is 13.2. The molecule has 0 aromatic heterocycles. The van der Waals surface area contributed by atoms with Gasteiger partial charge in [0.05, 0.1) is 0 Å². The van der Waals surface area contributed by atoms with Crippen molar-refractivity contribution in [1.29, 1.82) is 0 Å². The molecular weight excluding hydrogens is 1000 g/mol. The fourth-order valence-corrected chi connectivity index (χ4v) is 10.6. The highest BCUT2D eigenvalue weighted by molar-refractivity contribution is 6.41. The number of hydrogen-bond acceptors (Lipinski definition) is 8. The number of rotatable bonds is 16. The van der Waals surface area contributed by atoms with Gasteiger partial charge in [-0.2, -0.15) is 0 Å². The number of carbonyl (C=O) groups is 4. The van der Waals surface area contributed by atoms with Gasteiger partial charge in [0.2, 0.25) is 5.41 Å². The molecule has 4 N–H and O–H groups in total. The van der Waals surface area contributed by atoms with E-state index < -0.39 is 97.6 Å². The zero-order valence-electron chi connectivity index (χ0n) is 54.2. The lowest BCUT2D eigenvalue weighted by Gasteiger charge is -2.32. The molecule has 0 spiro atoms. The van der Waals surface area contributed by atoms with Crippen molar-refractivity contribution in [2.45, 2.75) is 235 Å². The number of carbonyl (C=O) groups excluding carboxylic acids is 4. The van der Waals surface area contributed by atoms with Crippen molar-refractivity contribution in [2.75, 3.05) is 0 Å².